The van der Waals surface area contributed by atoms with Gasteiger partial charge in [0.15, 0.2) is 0 Å². The summed E-state index contributed by atoms with van der Waals surface area (Å²) in [7, 11) is 0. The van der Waals surface area contributed by atoms with Gasteiger partial charge in [0.05, 0.1) is 6.54 Å². The fourth-order valence-electron chi connectivity index (χ4n) is 4.22. The summed E-state index contributed by atoms with van der Waals surface area (Å²) in [5.41, 5.74) is 3.87. The predicted octanol–water partition coefficient (Wildman–Crippen LogP) is 3.87. The van der Waals surface area contributed by atoms with Gasteiger partial charge in [-0.05, 0) is 24.8 Å². The summed E-state index contributed by atoms with van der Waals surface area (Å²) in [6, 6.07) is 8.48. The molecular weight excluding hydrogens is 276 g/mol. The van der Waals surface area contributed by atoms with Gasteiger partial charge in [0.1, 0.15) is 0 Å². The molecule has 2 aliphatic rings. The Morgan fingerprint density at radius 2 is 2.00 bits per heavy atom. The Hall–Kier alpha value is -1.97. The zero-order valence-corrected chi connectivity index (χ0v) is 12.8. The van der Waals surface area contributed by atoms with Crippen molar-refractivity contribution in [2.75, 3.05) is 6.54 Å². The van der Waals surface area contributed by atoms with Crippen molar-refractivity contribution in [2.24, 2.45) is 5.92 Å². The van der Waals surface area contributed by atoms with E-state index >= 15 is 0 Å². The molecule has 22 heavy (non-hydrogen) atoms. The van der Waals surface area contributed by atoms with Crippen molar-refractivity contribution in [2.45, 2.75) is 45.2 Å². The van der Waals surface area contributed by atoms with Crippen LogP contribution in [-0.4, -0.2) is 27.2 Å². The van der Waals surface area contributed by atoms with E-state index in [-0.39, 0.29) is 0 Å². The highest BCUT2D eigenvalue weighted by molar-refractivity contribution is 5.86. The first-order chi connectivity index (χ1) is 10.7. The maximum Gasteiger partial charge on any atom is 0.407 e. The molecule has 1 N–H and O–H groups in total. The van der Waals surface area contributed by atoms with E-state index in [1.54, 1.807) is 0 Å². The Bertz CT molecular complexity index is 713. The predicted molar refractivity (Wildman–Crippen MR) is 86.0 cm³/mol. The molecule has 0 saturated heterocycles. The summed E-state index contributed by atoms with van der Waals surface area (Å²) in [5, 5.41) is 10.5. The van der Waals surface area contributed by atoms with Gasteiger partial charge in [0, 0.05) is 41.7 Å². The molecule has 0 spiro atoms. The standard InChI is InChI=1S/C18H22N2O2/c21-18(22)19-10-9-17-15(12-19)14-7-3-4-8-16(14)20(17)11-13-5-1-2-6-13/h3-4,7-8,13H,1-2,5-6,9-12H2,(H,21,22). The summed E-state index contributed by atoms with van der Waals surface area (Å²) in [6.07, 6.45) is 5.42. The van der Waals surface area contributed by atoms with Crippen LogP contribution in [0.3, 0.4) is 0 Å². The summed E-state index contributed by atoms with van der Waals surface area (Å²) < 4.78 is 2.49. The van der Waals surface area contributed by atoms with E-state index in [9.17, 15) is 9.90 Å². The third-order valence-corrected chi connectivity index (χ3v) is 5.35. The largest absolute Gasteiger partial charge is 0.465 e. The van der Waals surface area contributed by atoms with Crippen molar-refractivity contribution >= 4 is 17.0 Å². The van der Waals surface area contributed by atoms with Crippen LogP contribution in [-0.2, 0) is 19.5 Å². The van der Waals surface area contributed by atoms with Crippen LogP contribution in [0.2, 0.25) is 0 Å². The van der Waals surface area contributed by atoms with Crippen LogP contribution in [0, 0.1) is 5.92 Å². The van der Waals surface area contributed by atoms with Gasteiger partial charge in [0.25, 0.3) is 0 Å². The van der Waals surface area contributed by atoms with Gasteiger partial charge in [0.2, 0.25) is 0 Å². The number of rotatable bonds is 2. The number of fused-ring (bicyclic) bond motifs is 3. The zero-order valence-electron chi connectivity index (χ0n) is 12.8. The monoisotopic (exact) mass is 298 g/mol. The van der Waals surface area contributed by atoms with Gasteiger partial charge < -0.3 is 14.6 Å². The van der Waals surface area contributed by atoms with E-state index in [1.165, 1.54) is 52.7 Å². The number of amides is 1. The summed E-state index contributed by atoms with van der Waals surface area (Å²) in [5.74, 6) is 0.789. The van der Waals surface area contributed by atoms with Crippen molar-refractivity contribution in [1.82, 2.24) is 9.47 Å². The Morgan fingerprint density at radius 1 is 1.23 bits per heavy atom. The molecule has 1 aromatic heterocycles. The van der Waals surface area contributed by atoms with E-state index < -0.39 is 6.09 Å². The highest BCUT2D eigenvalue weighted by Crippen LogP contribution is 2.34. The maximum absolute atomic E-state index is 11.3. The topological polar surface area (TPSA) is 45.5 Å². The van der Waals surface area contributed by atoms with Crippen LogP contribution in [0.4, 0.5) is 4.79 Å². The number of nitrogens with zero attached hydrogens (tertiary/aromatic N) is 2. The third-order valence-electron chi connectivity index (χ3n) is 5.35. The first-order valence-corrected chi connectivity index (χ1v) is 8.31. The molecule has 116 valence electrons. The molecule has 1 saturated carbocycles. The molecule has 1 aliphatic heterocycles. The van der Waals surface area contributed by atoms with Crippen LogP contribution in [0.5, 0.6) is 0 Å². The van der Waals surface area contributed by atoms with Gasteiger partial charge in [-0.1, -0.05) is 31.0 Å². The number of aromatic nitrogens is 1. The second-order valence-corrected chi connectivity index (χ2v) is 6.66. The summed E-state index contributed by atoms with van der Waals surface area (Å²) in [4.78, 5) is 12.8. The lowest BCUT2D eigenvalue weighted by atomic mass is 10.0. The SMILES string of the molecule is O=C(O)N1CCc2c(c3ccccc3n2CC2CCCC2)C1. The Kier molecular flexibility index (Phi) is 3.32. The van der Waals surface area contributed by atoms with Crippen LogP contribution < -0.4 is 0 Å². The molecule has 0 bridgehead atoms. The minimum absolute atomic E-state index is 0.531. The quantitative estimate of drug-likeness (QED) is 0.915. The van der Waals surface area contributed by atoms with Gasteiger partial charge in [-0.3, -0.25) is 0 Å². The van der Waals surface area contributed by atoms with Crippen molar-refractivity contribution in [1.29, 1.82) is 0 Å². The summed E-state index contributed by atoms with van der Waals surface area (Å²) >= 11 is 0. The molecule has 4 rings (SSSR count). The molecule has 1 aliphatic carbocycles. The van der Waals surface area contributed by atoms with Crippen molar-refractivity contribution in [3.05, 3.63) is 35.5 Å². The highest BCUT2D eigenvalue weighted by atomic mass is 16.4. The molecular formula is C18H22N2O2. The number of carboxylic acid groups (broad SMARTS) is 1. The lowest BCUT2D eigenvalue weighted by Gasteiger charge is -2.26. The number of para-hydroxylation sites is 1. The number of hydrogen-bond acceptors (Lipinski definition) is 1. The second kappa shape index (κ2) is 5.34. The molecule has 2 heterocycles. The van der Waals surface area contributed by atoms with Crippen molar-refractivity contribution < 1.29 is 9.90 Å². The average molecular weight is 298 g/mol. The van der Waals surface area contributed by atoms with Crippen LogP contribution in [0.25, 0.3) is 10.9 Å². The van der Waals surface area contributed by atoms with Gasteiger partial charge in [-0.25, -0.2) is 4.79 Å². The third kappa shape index (κ3) is 2.18. The highest BCUT2D eigenvalue weighted by Gasteiger charge is 2.27. The van der Waals surface area contributed by atoms with E-state index in [0.717, 1.165) is 18.9 Å². The first kappa shape index (κ1) is 13.7. The lowest BCUT2D eigenvalue weighted by molar-refractivity contribution is 0.139. The molecule has 4 nitrogen and oxygen atoms in total. The van der Waals surface area contributed by atoms with Gasteiger partial charge in [-0.15, -0.1) is 0 Å². The Labute approximate surface area is 130 Å². The fourth-order valence-corrected chi connectivity index (χ4v) is 4.22. The first-order valence-electron chi connectivity index (χ1n) is 8.31. The maximum atomic E-state index is 11.3. The normalized spacial score (nSPS) is 18.8. The van der Waals surface area contributed by atoms with E-state index in [1.807, 2.05) is 0 Å². The van der Waals surface area contributed by atoms with Crippen LogP contribution in [0.15, 0.2) is 24.3 Å². The van der Waals surface area contributed by atoms with E-state index in [0.29, 0.717) is 13.1 Å². The second-order valence-electron chi connectivity index (χ2n) is 6.66. The molecule has 0 atom stereocenters. The zero-order chi connectivity index (χ0) is 15.1. The lowest BCUT2D eigenvalue weighted by Crippen LogP contribution is -2.35. The molecule has 2 aromatic rings. The molecule has 1 amide bonds. The van der Waals surface area contributed by atoms with E-state index in [2.05, 4.69) is 28.8 Å². The minimum Gasteiger partial charge on any atom is -0.465 e. The van der Waals surface area contributed by atoms with Crippen LogP contribution >= 0.6 is 0 Å². The summed E-state index contributed by atoms with van der Waals surface area (Å²) in [6.45, 7) is 2.25. The molecule has 0 unspecified atom stereocenters. The number of benzene rings is 1. The minimum atomic E-state index is -0.807. The average Bonchev–Trinajstić information content (AvgIpc) is 3.15. The van der Waals surface area contributed by atoms with Crippen molar-refractivity contribution in [3.63, 3.8) is 0 Å². The Morgan fingerprint density at radius 3 is 2.77 bits per heavy atom. The Balaban J connectivity index is 1.78. The van der Waals surface area contributed by atoms with E-state index in [4.69, 9.17) is 0 Å². The van der Waals surface area contributed by atoms with Crippen molar-refractivity contribution in [3.8, 4) is 0 Å². The molecule has 0 radical (unpaired) electrons. The number of carbonyl (C=O) groups is 1. The van der Waals surface area contributed by atoms with Crippen LogP contribution in [0.1, 0.15) is 36.9 Å². The molecule has 4 heteroatoms. The molecule has 1 aromatic carbocycles. The fraction of sp³-hybridized carbons (Fsp3) is 0.500. The molecule has 1 fully saturated rings. The van der Waals surface area contributed by atoms with Gasteiger partial charge >= 0.3 is 6.09 Å². The smallest absolute Gasteiger partial charge is 0.407 e. The number of hydrogen-bond donors (Lipinski definition) is 1. The van der Waals surface area contributed by atoms with Gasteiger partial charge in [-0.2, -0.15) is 0 Å².